The molecule has 0 radical (unpaired) electrons. The summed E-state index contributed by atoms with van der Waals surface area (Å²) >= 11 is 0. The molecule has 0 unspecified atom stereocenters. The molecule has 1 aliphatic rings. The molecule has 3 aromatic rings. The van der Waals surface area contributed by atoms with Crippen LogP contribution in [0.15, 0.2) is 72.8 Å². The van der Waals surface area contributed by atoms with Crippen LogP contribution in [0.1, 0.15) is 27.4 Å². The van der Waals surface area contributed by atoms with Gasteiger partial charge in [-0.1, -0.05) is 66.7 Å². The van der Waals surface area contributed by atoms with Gasteiger partial charge in [0.05, 0.1) is 11.7 Å². The maximum absolute atomic E-state index is 12.6. The van der Waals surface area contributed by atoms with Crippen molar-refractivity contribution in [3.05, 3.63) is 89.5 Å². The van der Waals surface area contributed by atoms with Crippen LogP contribution in [0.3, 0.4) is 0 Å². The summed E-state index contributed by atoms with van der Waals surface area (Å²) in [5.74, 6) is -1.39. The van der Waals surface area contributed by atoms with Crippen LogP contribution in [0.5, 0.6) is 0 Å². The van der Waals surface area contributed by atoms with Gasteiger partial charge in [0, 0.05) is 18.5 Å². The second-order valence-electron chi connectivity index (χ2n) is 6.67. The number of aromatic carboxylic acids is 1. The van der Waals surface area contributed by atoms with Crippen molar-refractivity contribution in [2.24, 2.45) is 0 Å². The molecule has 1 amide bonds. The van der Waals surface area contributed by atoms with Crippen molar-refractivity contribution in [1.29, 1.82) is 0 Å². The molecule has 0 heterocycles. The molecule has 0 aliphatic heterocycles. The summed E-state index contributed by atoms with van der Waals surface area (Å²) in [6.07, 6.45) is -0.615. The highest BCUT2D eigenvalue weighted by Crippen LogP contribution is 2.44. The van der Waals surface area contributed by atoms with Gasteiger partial charge in [0.15, 0.2) is 0 Å². The van der Waals surface area contributed by atoms with E-state index in [1.807, 2.05) is 36.4 Å². The first-order valence-corrected chi connectivity index (χ1v) is 8.97. The number of carbonyl (C=O) groups is 2. The summed E-state index contributed by atoms with van der Waals surface area (Å²) in [7, 11) is 1.49. The number of hydrogen-bond acceptors (Lipinski definition) is 4. The Morgan fingerprint density at radius 2 is 1.43 bits per heavy atom. The van der Waals surface area contributed by atoms with E-state index in [4.69, 9.17) is 4.74 Å². The lowest BCUT2D eigenvalue weighted by Gasteiger charge is -2.22. The third-order valence-electron chi connectivity index (χ3n) is 5.10. The minimum Gasteiger partial charge on any atom is -0.545 e. The Hall–Kier alpha value is -3.60. The van der Waals surface area contributed by atoms with Gasteiger partial charge in [0.2, 0.25) is 0 Å². The average molecular weight is 372 g/mol. The fourth-order valence-corrected chi connectivity index (χ4v) is 3.73. The lowest BCUT2D eigenvalue weighted by molar-refractivity contribution is -0.254. The van der Waals surface area contributed by atoms with Crippen molar-refractivity contribution in [3.8, 4) is 11.1 Å². The summed E-state index contributed by atoms with van der Waals surface area (Å²) in [6.45, 7) is 0.171. The van der Waals surface area contributed by atoms with E-state index in [0.29, 0.717) is 0 Å². The first kappa shape index (κ1) is 17.8. The molecule has 0 spiro atoms. The Labute approximate surface area is 162 Å². The van der Waals surface area contributed by atoms with Crippen LogP contribution in [0, 0.1) is 0 Å². The molecule has 140 valence electrons. The Kier molecular flexibility index (Phi) is 4.57. The number of anilines is 1. The van der Waals surface area contributed by atoms with Crippen molar-refractivity contribution in [2.45, 2.75) is 5.92 Å². The second-order valence-corrected chi connectivity index (χ2v) is 6.67. The zero-order valence-corrected chi connectivity index (χ0v) is 15.3. The first-order valence-electron chi connectivity index (χ1n) is 8.97. The van der Waals surface area contributed by atoms with E-state index in [2.05, 4.69) is 12.1 Å². The summed E-state index contributed by atoms with van der Waals surface area (Å²) in [6, 6.07) is 22.4. The third kappa shape index (κ3) is 3.01. The van der Waals surface area contributed by atoms with Gasteiger partial charge >= 0.3 is 6.09 Å². The minimum atomic E-state index is -1.34. The molecular formula is C23H18NO4-. The molecule has 0 saturated heterocycles. The van der Waals surface area contributed by atoms with Crippen LogP contribution in [-0.2, 0) is 4.74 Å². The fraction of sp³-hybridized carbons (Fsp3) is 0.130. The Morgan fingerprint density at radius 1 is 0.893 bits per heavy atom. The highest BCUT2D eigenvalue weighted by atomic mass is 16.6. The van der Waals surface area contributed by atoms with Crippen LogP contribution in [0.25, 0.3) is 11.1 Å². The van der Waals surface area contributed by atoms with Gasteiger partial charge in [-0.2, -0.15) is 0 Å². The van der Waals surface area contributed by atoms with E-state index >= 15 is 0 Å². The first-order chi connectivity index (χ1) is 13.6. The van der Waals surface area contributed by atoms with Crippen molar-refractivity contribution < 1.29 is 19.4 Å². The number of benzene rings is 3. The molecule has 5 nitrogen and oxygen atoms in total. The number of fused-ring (bicyclic) bond motifs is 3. The van der Waals surface area contributed by atoms with Crippen molar-refractivity contribution in [2.75, 3.05) is 18.6 Å². The molecule has 0 saturated carbocycles. The molecule has 0 atom stereocenters. The number of para-hydroxylation sites is 1. The largest absolute Gasteiger partial charge is 0.545 e. The number of amides is 1. The van der Waals surface area contributed by atoms with E-state index in [9.17, 15) is 14.7 Å². The zero-order chi connectivity index (χ0) is 19.7. The number of carboxylic acids is 1. The average Bonchev–Trinajstić information content (AvgIpc) is 3.05. The molecule has 4 rings (SSSR count). The second kappa shape index (κ2) is 7.19. The molecule has 1 aliphatic carbocycles. The van der Waals surface area contributed by atoms with Crippen molar-refractivity contribution in [1.82, 2.24) is 0 Å². The highest BCUT2D eigenvalue weighted by Gasteiger charge is 2.29. The summed E-state index contributed by atoms with van der Waals surface area (Å²) in [4.78, 5) is 25.1. The van der Waals surface area contributed by atoms with Crippen LogP contribution in [-0.4, -0.2) is 25.7 Å². The number of rotatable bonds is 4. The van der Waals surface area contributed by atoms with E-state index in [0.717, 1.165) is 22.3 Å². The summed E-state index contributed by atoms with van der Waals surface area (Å²) in [5.41, 5.74) is 4.71. The SMILES string of the molecule is CN(C(=O)OCC1c2ccccc2-c2ccccc21)c1ccccc1C(=O)[O-]. The molecule has 0 aromatic heterocycles. The summed E-state index contributed by atoms with van der Waals surface area (Å²) in [5, 5.41) is 11.3. The summed E-state index contributed by atoms with van der Waals surface area (Å²) < 4.78 is 5.56. The van der Waals surface area contributed by atoms with E-state index < -0.39 is 12.1 Å². The molecular weight excluding hydrogens is 354 g/mol. The molecule has 5 heteroatoms. The highest BCUT2D eigenvalue weighted by molar-refractivity contribution is 5.98. The van der Waals surface area contributed by atoms with Crippen LogP contribution in [0.4, 0.5) is 10.5 Å². The Morgan fingerprint density at radius 3 is 2.04 bits per heavy atom. The third-order valence-corrected chi connectivity index (χ3v) is 5.10. The lowest BCUT2D eigenvalue weighted by Crippen LogP contribution is -2.32. The van der Waals surface area contributed by atoms with E-state index in [-0.39, 0.29) is 23.8 Å². The maximum atomic E-state index is 12.6. The molecule has 0 bridgehead atoms. The molecule has 0 N–H and O–H groups in total. The molecule has 28 heavy (non-hydrogen) atoms. The van der Waals surface area contributed by atoms with Gasteiger partial charge in [-0.05, 0) is 28.3 Å². The van der Waals surface area contributed by atoms with Gasteiger partial charge in [0.1, 0.15) is 6.61 Å². The van der Waals surface area contributed by atoms with Gasteiger partial charge < -0.3 is 14.6 Å². The normalized spacial score (nSPS) is 12.2. The topological polar surface area (TPSA) is 69.7 Å². The zero-order valence-electron chi connectivity index (χ0n) is 15.3. The van der Waals surface area contributed by atoms with Crippen LogP contribution < -0.4 is 10.0 Å². The monoisotopic (exact) mass is 372 g/mol. The van der Waals surface area contributed by atoms with E-state index in [1.54, 1.807) is 18.2 Å². The number of hydrogen-bond donors (Lipinski definition) is 0. The number of ether oxygens (including phenoxy) is 1. The maximum Gasteiger partial charge on any atom is 0.414 e. The van der Waals surface area contributed by atoms with Gasteiger partial charge in [-0.25, -0.2) is 4.79 Å². The molecule has 3 aromatic carbocycles. The van der Waals surface area contributed by atoms with Gasteiger partial charge in [-0.15, -0.1) is 0 Å². The quantitative estimate of drug-likeness (QED) is 0.703. The Balaban J connectivity index is 1.55. The predicted octanol–water partition coefficient (Wildman–Crippen LogP) is 3.44. The fourth-order valence-electron chi connectivity index (χ4n) is 3.73. The van der Waals surface area contributed by atoms with Gasteiger partial charge in [-0.3, -0.25) is 4.90 Å². The Bertz CT molecular complexity index is 1010. The standard InChI is InChI=1S/C23H19NO4/c1-24(21-13-7-6-12-19(21)22(25)26)23(27)28-14-20-17-10-4-2-8-15(17)16-9-3-5-11-18(16)20/h2-13,20H,14H2,1H3,(H,25,26)/p-1. The van der Waals surface area contributed by atoms with Gasteiger partial charge in [0.25, 0.3) is 0 Å². The van der Waals surface area contributed by atoms with Crippen LogP contribution in [0.2, 0.25) is 0 Å². The smallest absolute Gasteiger partial charge is 0.414 e. The van der Waals surface area contributed by atoms with Crippen molar-refractivity contribution in [3.63, 3.8) is 0 Å². The lowest BCUT2D eigenvalue weighted by atomic mass is 9.98. The number of carbonyl (C=O) groups excluding carboxylic acids is 2. The molecule has 0 fully saturated rings. The minimum absolute atomic E-state index is 0.0545. The van der Waals surface area contributed by atoms with Crippen LogP contribution >= 0.6 is 0 Å². The van der Waals surface area contributed by atoms with Crippen molar-refractivity contribution >= 4 is 17.7 Å². The number of nitrogens with zero attached hydrogens (tertiary/aromatic N) is 1. The predicted molar refractivity (Wildman–Crippen MR) is 104 cm³/mol. The van der Waals surface area contributed by atoms with E-state index in [1.165, 1.54) is 18.0 Å². The number of carboxylic acid groups (broad SMARTS) is 1.